The Morgan fingerprint density at radius 2 is 2.11 bits per heavy atom. The predicted molar refractivity (Wildman–Crippen MR) is 65.2 cm³/mol. The van der Waals surface area contributed by atoms with E-state index >= 15 is 0 Å². The van der Waals surface area contributed by atoms with E-state index in [1.165, 1.54) is 42.7 Å². The molecule has 0 saturated carbocycles. The summed E-state index contributed by atoms with van der Waals surface area (Å²) in [6.45, 7) is 0. The number of hydrogen-bond donors (Lipinski definition) is 0. The fourth-order valence-corrected chi connectivity index (χ4v) is 1.41. The number of benzene rings is 1. The summed E-state index contributed by atoms with van der Waals surface area (Å²) >= 11 is 0. The zero-order valence-corrected chi connectivity index (χ0v) is 9.28. The molecule has 5 heteroatoms. The predicted octanol–water partition coefficient (Wildman–Crippen LogP) is 3.08. The molecular formula is C13H9NO4. The van der Waals surface area contributed by atoms with Crippen molar-refractivity contribution in [3.63, 3.8) is 0 Å². The second-order valence-corrected chi connectivity index (χ2v) is 3.52. The fourth-order valence-electron chi connectivity index (χ4n) is 1.41. The van der Waals surface area contributed by atoms with Gasteiger partial charge in [0.25, 0.3) is 5.69 Å². The minimum absolute atomic E-state index is 0.104. The lowest BCUT2D eigenvalue weighted by molar-refractivity contribution is -0.384. The monoisotopic (exact) mass is 243 g/mol. The maximum absolute atomic E-state index is 11.8. The molecule has 90 valence electrons. The van der Waals surface area contributed by atoms with Crippen LogP contribution in [0, 0.1) is 10.1 Å². The highest BCUT2D eigenvalue weighted by atomic mass is 16.6. The summed E-state index contributed by atoms with van der Waals surface area (Å²) in [5, 5.41) is 10.6. The van der Waals surface area contributed by atoms with Gasteiger partial charge in [-0.3, -0.25) is 14.9 Å². The van der Waals surface area contributed by atoms with Crippen LogP contribution < -0.4 is 0 Å². The van der Waals surface area contributed by atoms with E-state index in [4.69, 9.17) is 4.42 Å². The van der Waals surface area contributed by atoms with E-state index in [1.807, 2.05) is 0 Å². The summed E-state index contributed by atoms with van der Waals surface area (Å²) in [6.07, 6.45) is 4.33. The molecule has 0 aliphatic rings. The van der Waals surface area contributed by atoms with Gasteiger partial charge in [-0.15, -0.1) is 0 Å². The molecule has 0 aliphatic carbocycles. The third-order valence-corrected chi connectivity index (χ3v) is 2.28. The molecule has 0 unspecified atom stereocenters. The number of nitrogens with zero attached hydrogens (tertiary/aromatic N) is 1. The van der Waals surface area contributed by atoms with Gasteiger partial charge in [-0.1, -0.05) is 12.1 Å². The molecule has 2 rings (SSSR count). The van der Waals surface area contributed by atoms with Gasteiger partial charge in [0.1, 0.15) is 5.76 Å². The van der Waals surface area contributed by atoms with Gasteiger partial charge < -0.3 is 4.42 Å². The van der Waals surface area contributed by atoms with Gasteiger partial charge in [0, 0.05) is 17.7 Å². The van der Waals surface area contributed by atoms with E-state index in [9.17, 15) is 14.9 Å². The molecule has 0 atom stereocenters. The van der Waals surface area contributed by atoms with Crippen LogP contribution in [0.4, 0.5) is 5.69 Å². The maximum atomic E-state index is 11.8. The second-order valence-electron chi connectivity index (χ2n) is 3.52. The summed E-state index contributed by atoms with van der Waals surface area (Å²) in [6, 6.07) is 9.00. The molecule has 0 N–H and O–H groups in total. The largest absolute Gasteiger partial charge is 0.465 e. The van der Waals surface area contributed by atoms with Gasteiger partial charge in [-0.2, -0.15) is 0 Å². The summed E-state index contributed by atoms with van der Waals surface area (Å²) in [5.74, 6) is 0.240. The number of non-ortho nitro benzene ring substituents is 1. The minimum atomic E-state index is -0.535. The molecule has 0 aliphatic heterocycles. The first kappa shape index (κ1) is 11.8. The van der Waals surface area contributed by atoms with Crippen molar-refractivity contribution in [2.75, 3.05) is 0 Å². The zero-order valence-electron chi connectivity index (χ0n) is 9.28. The Labute approximate surface area is 103 Å². The Balaban J connectivity index is 2.19. The highest BCUT2D eigenvalue weighted by Crippen LogP contribution is 2.14. The van der Waals surface area contributed by atoms with Crippen molar-refractivity contribution in [2.24, 2.45) is 0 Å². The summed E-state index contributed by atoms with van der Waals surface area (Å²) < 4.78 is 5.03. The van der Waals surface area contributed by atoms with Crippen LogP contribution in [0.15, 0.2) is 53.2 Å². The Bertz CT molecular complexity index is 599. The molecule has 0 bridgehead atoms. The number of hydrogen-bond acceptors (Lipinski definition) is 4. The van der Waals surface area contributed by atoms with Crippen LogP contribution in [-0.4, -0.2) is 10.7 Å². The molecule has 1 heterocycles. The van der Waals surface area contributed by atoms with Gasteiger partial charge in [0.05, 0.1) is 11.2 Å². The van der Waals surface area contributed by atoms with Gasteiger partial charge in [-0.25, -0.2) is 0 Å². The lowest BCUT2D eigenvalue weighted by atomic mass is 10.1. The maximum Gasteiger partial charge on any atom is 0.270 e. The molecule has 1 aromatic carbocycles. The molecule has 5 nitrogen and oxygen atoms in total. The van der Waals surface area contributed by atoms with Crippen LogP contribution in [0.2, 0.25) is 0 Å². The minimum Gasteiger partial charge on any atom is -0.465 e. The zero-order chi connectivity index (χ0) is 13.0. The van der Waals surface area contributed by atoms with E-state index < -0.39 is 4.92 Å². The molecule has 0 radical (unpaired) electrons. The number of furan rings is 1. The van der Waals surface area contributed by atoms with Gasteiger partial charge in [0.2, 0.25) is 0 Å². The highest BCUT2D eigenvalue weighted by molar-refractivity contribution is 6.07. The number of carbonyl (C=O) groups excluding carboxylic acids is 1. The van der Waals surface area contributed by atoms with Crippen molar-refractivity contribution < 1.29 is 14.1 Å². The Hall–Kier alpha value is -2.69. The van der Waals surface area contributed by atoms with Crippen LogP contribution in [0.25, 0.3) is 6.08 Å². The summed E-state index contributed by atoms with van der Waals surface area (Å²) in [5.41, 5.74) is 0.166. The number of allylic oxidation sites excluding steroid dienone is 1. The van der Waals surface area contributed by atoms with Crippen LogP contribution in [-0.2, 0) is 0 Å². The van der Waals surface area contributed by atoms with Gasteiger partial charge >= 0.3 is 0 Å². The highest BCUT2D eigenvalue weighted by Gasteiger charge is 2.09. The Morgan fingerprint density at radius 1 is 1.28 bits per heavy atom. The lowest BCUT2D eigenvalue weighted by Gasteiger charge is -1.95. The quantitative estimate of drug-likeness (QED) is 0.358. The number of rotatable bonds is 4. The van der Waals surface area contributed by atoms with E-state index in [1.54, 1.807) is 12.1 Å². The molecule has 0 spiro atoms. The van der Waals surface area contributed by atoms with E-state index in [-0.39, 0.29) is 17.0 Å². The number of carbonyl (C=O) groups is 1. The smallest absolute Gasteiger partial charge is 0.270 e. The molecular weight excluding hydrogens is 234 g/mol. The molecule has 18 heavy (non-hydrogen) atoms. The second kappa shape index (κ2) is 5.09. The standard InChI is InChI=1S/C13H9NO4/c15-13(7-6-12-5-2-8-18-12)10-3-1-4-11(9-10)14(16)17/h1-9H/b7-6-. The normalized spacial score (nSPS) is 10.7. The molecule has 1 aromatic heterocycles. The molecule has 0 saturated heterocycles. The van der Waals surface area contributed by atoms with Crippen molar-refractivity contribution in [2.45, 2.75) is 0 Å². The van der Waals surface area contributed by atoms with E-state index in [0.717, 1.165) is 0 Å². The van der Waals surface area contributed by atoms with Crippen LogP contribution >= 0.6 is 0 Å². The summed E-state index contributed by atoms with van der Waals surface area (Å²) in [4.78, 5) is 21.8. The van der Waals surface area contributed by atoms with Crippen molar-refractivity contribution in [1.29, 1.82) is 0 Å². The van der Waals surface area contributed by atoms with Gasteiger partial charge in [-0.05, 0) is 24.3 Å². The van der Waals surface area contributed by atoms with Crippen molar-refractivity contribution in [3.05, 3.63) is 70.2 Å². The molecule has 0 fully saturated rings. The molecule has 2 aromatic rings. The average Bonchev–Trinajstić information content (AvgIpc) is 2.89. The first-order chi connectivity index (χ1) is 8.66. The number of nitro benzene ring substituents is 1. The SMILES string of the molecule is O=C(/C=C\c1ccco1)c1cccc([N+](=O)[O-])c1. The lowest BCUT2D eigenvalue weighted by Crippen LogP contribution is -1.96. The summed E-state index contributed by atoms with van der Waals surface area (Å²) in [7, 11) is 0. The Kier molecular flexibility index (Phi) is 3.33. The average molecular weight is 243 g/mol. The van der Waals surface area contributed by atoms with Crippen LogP contribution in [0.1, 0.15) is 16.1 Å². The number of nitro groups is 1. The van der Waals surface area contributed by atoms with Crippen LogP contribution in [0.3, 0.4) is 0 Å². The van der Waals surface area contributed by atoms with Crippen molar-refractivity contribution in [1.82, 2.24) is 0 Å². The van der Waals surface area contributed by atoms with E-state index in [2.05, 4.69) is 0 Å². The first-order valence-corrected chi connectivity index (χ1v) is 5.17. The molecule has 0 amide bonds. The first-order valence-electron chi connectivity index (χ1n) is 5.17. The van der Waals surface area contributed by atoms with E-state index in [0.29, 0.717) is 5.76 Å². The van der Waals surface area contributed by atoms with Gasteiger partial charge in [0.15, 0.2) is 5.78 Å². The fraction of sp³-hybridized carbons (Fsp3) is 0. The van der Waals surface area contributed by atoms with Crippen LogP contribution in [0.5, 0.6) is 0 Å². The third kappa shape index (κ3) is 2.70. The Morgan fingerprint density at radius 3 is 2.78 bits per heavy atom. The van der Waals surface area contributed by atoms with Crippen molar-refractivity contribution in [3.8, 4) is 0 Å². The number of ketones is 1. The van der Waals surface area contributed by atoms with Crippen molar-refractivity contribution >= 4 is 17.5 Å². The topological polar surface area (TPSA) is 73.3 Å². The third-order valence-electron chi connectivity index (χ3n) is 2.28.